The molecule has 0 aliphatic heterocycles. The van der Waals surface area contributed by atoms with Gasteiger partial charge >= 0.3 is 52.3 Å². The van der Waals surface area contributed by atoms with Crippen molar-refractivity contribution in [1.82, 2.24) is 0 Å². The van der Waals surface area contributed by atoms with E-state index in [9.17, 15) is 4.79 Å². The topological polar surface area (TPSA) is 17.1 Å². The molecule has 1 unspecified atom stereocenters. The van der Waals surface area contributed by atoms with E-state index in [-0.39, 0.29) is 5.52 Å². The van der Waals surface area contributed by atoms with Crippen molar-refractivity contribution in [3.8, 4) is 0 Å². The van der Waals surface area contributed by atoms with Crippen LogP contribution >= 0.6 is 35.0 Å². The van der Waals surface area contributed by atoms with Crippen molar-refractivity contribution in [3.63, 3.8) is 0 Å². The monoisotopic (exact) mass is 232 g/mol. The molecule has 0 aromatic heterocycles. The average Bonchev–Trinajstić information content (AvgIpc) is 1.36. The molecule has 0 N–H and O–H groups in total. The van der Waals surface area contributed by atoms with Gasteiger partial charge in [0, 0.05) is 0 Å². The summed E-state index contributed by atoms with van der Waals surface area (Å²) >= 11 is 2.01. The molecule has 0 aromatic rings. The van der Waals surface area contributed by atoms with Gasteiger partial charge in [0.05, 0.1) is 0 Å². The van der Waals surface area contributed by atoms with Gasteiger partial charge < -0.3 is 0 Å². The molecule has 0 heterocycles. The van der Waals surface area contributed by atoms with Crippen LogP contribution in [0.2, 0.25) is 0 Å². The van der Waals surface area contributed by atoms with Crippen molar-refractivity contribution in [1.29, 1.82) is 0 Å². The number of carbonyl (C=O) groups excluding carboxylic acids is 1. The van der Waals surface area contributed by atoms with Crippen LogP contribution in [-0.2, 0) is 4.79 Å². The van der Waals surface area contributed by atoms with Crippen molar-refractivity contribution in [2.24, 2.45) is 0 Å². The van der Waals surface area contributed by atoms with Gasteiger partial charge in [-0.15, -0.1) is 0 Å². The van der Waals surface area contributed by atoms with Gasteiger partial charge in [0.25, 0.3) is 0 Å². The quantitative estimate of drug-likeness (QED) is 0.463. The van der Waals surface area contributed by atoms with Crippen LogP contribution in [0.15, 0.2) is 0 Å². The van der Waals surface area contributed by atoms with E-state index in [1.807, 2.05) is 22.0 Å². The fraction of sp³-hybridized carbons (Fsp3) is 0.500. The predicted octanol–water partition coefficient (Wildman–Crippen LogP) is 2.69. The first-order valence-corrected chi connectivity index (χ1v) is 6.58. The second-order valence-corrected chi connectivity index (χ2v) is 8.31. The summed E-state index contributed by atoms with van der Waals surface area (Å²) in [5, 5.41) is 0. The number of halogens is 1. The Morgan fingerprint density at radius 1 is 2.00 bits per heavy atom. The fourth-order valence-corrected chi connectivity index (χ4v) is 0. The number of rotatable bonds is 0. The molecule has 0 saturated heterocycles. The SMILES string of the molecule is CC(=O)P(#P)I. The van der Waals surface area contributed by atoms with Crippen molar-refractivity contribution < 1.29 is 4.79 Å². The second kappa shape index (κ2) is 3.17. The van der Waals surface area contributed by atoms with E-state index >= 15 is 0 Å². The predicted molar refractivity (Wildman–Crippen MR) is 38.5 cm³/mol. The second-order valence-electron chi connectivity index (χ2n) is 0.779. The van der Waals surface area contributed by atoms with Crippen molar-refractivity contribution >= 4 is 40.6 Å². The van der Waals surface area contributed by atoms with Gasteiger partial charge in [-0.05, 0) is 0 Å². The summed E-state index contributed by atoms with van der Waals surface area (Å²) in [6, 6.07) is 0. The minimum atomic E-state index is -0.634. The number of hydrogen-bond acceptors (Lipinski definition) is 1. The molecule has 0 saturated carbocycles. The zero-order valence-corrected chi connectivity index (χ0v) is 7.13. The summed E-state index contributed by atoms with van der Waals surface area (Å²) in [5.74, 6) is 0. The Labute approximate surface area is 52.4 Å². The molecule has 4 heteroatoms. The molecule has 0 bridgehead atoms. The first-order chi connectivity index (χ1) is 2.64. The zero-order valence-electron chi connectivity index (χ0n) is 3.18. The summed E-state index contributed by atoms with van der Waals surface area (Å²) in [7, 11) is 3.89. The summed E-state index contributed by atoms with van der Waals surface area (Å²) in [6.45, 7) is 1.55. The number of hydrogen-bond donors (Lipinski definition) is 0. The van der Waals surface area contributed by atoms with Crippen LogP contribution in [0.4, 0.5) is 0 Å². The van der Waals surface area contributed by atoms with Crippen LogP contribution in [-0.4, -0.2) is 5.52 Å². The van der Waals surface area contributed by atoms with E-state index in [1.54, 1.807) is 6.92 Å². The van der Waals surface area contributed by atoms with Crippen LogP contribution in [0, 0.1) is 0 Å². The molecular formula is C2H3IOP2. The van der Waals surface area contributed by atoms with E-state index in [0.29, 0.717) is 0 Å². The molecule has 0 rings (SSSR count). The Morgan fingerprint density at radius 3 is 2.17 bits per heavy atom. The normalized spacial score (nSPS) is 10.5. The Kier molecular flexibility index (Phi) is 3.77. The van der Waals surface area contributed by atoms with E-state index in [1.165, 1.54) is 0 Å². The van der Waals surface area contributed by atoms with Gasteiger partial charge in [-0.2, -0.15) is 0 Å². The molecule has 1 atom stereocenters. The Morgan fingerprint density at radius 2 is 2.17 bits per heavy atom. The third-order valence-corrected chi connectivity index (χ3v) is 3.66. The van der Waals surface area contributed by atoms with Crippen molar-refractivity contribution in [3.05, 3.63) is 0 Å². The van der Waals surface area contributed by atoms with Crippen LogP contribution in [0.5, 0.6) is 0 Å². The molecule has 0 aliphatic carbocycles. The molecule has 1 nitrogen and oxygen atoms in total. The molecular weight excluding hydrogens is 229 g/mol. The maximum atomic E-state index is 10.1. The standard InChI is InChI=1S/C2H3IOP2/c1-2(4)6(3)5/h1H3. The van der Waals surface area contributed by atoms with Gasteiger partial charge in [-0.1, -0.05) is 0 Å². The fourth-order valence-electron chi connectivity index (χ4n) is 0. The van der Waals surface area contributed by atoms with Gasteiger partial charge in [-0.25, -0.2) is 0 Å². The number of carbonyl (C=O) groups is 1. The van der Waals surface area contributed by atoms with E-state index in [0.717, 1.165) is 0 Å². The van der Waals surface area contributed by atoms with E-state index < -0.39 is 4.67 Å². The molecule has 0 amide bonds. The summed E-state index contributed by atoms with van der Waals surface area (Å²) in [6.07, 6.45) is 0. The minimum absolute atomic E-state index is 0.175. The third-order valence-electron chi connectivity index (χ3n) is 0.260. The van der Waals surface area contributed by atoms with Crippen LogP contribution in [0.1, 0.15) is 6.92 Å². The molecule has 0 aromatic carbocycles. The average molecular weight is 232 g/mol. The molecule has 0 spiro atoms. The summed E-state index contributed by atoms with van der Waals surface area (Å²) in [5.41, 5.74) is 0.175. The van der Waals surface area contributed by atoms with Crippen molar-refractivity contribution in [2.45, 2.75) is 6.92 Å². The third kappa shape index (κ3) is 3.32. The molecule has 0 fully saturated rings. The van der Waals surface area contributed by atoms with Crippen LogP contribution < -0.4 is 0 Å². The van der Waals surface area contributed by atoms with Gasteiger partial charge in [0.15, 0.2) is 0 Å². The Balaban J connectivity index is 3.69. The van der Waals surface area contributed by atoms with Crippen molar-refractivity contribution in [2.75, 3.05) is 0 Å². The van der Waals surface area contributed by atoms with Gasteiger partial charge in [0.2, 0.25) is 0 Å². The summed E-state index contributed by atoms with van der Waals surface area (Å²) < 4.78 is -0.634. The molecule has 0 radical (unpaired) electrons. The molecule has 0 aliphatic rings. The first kappa shape index (κ1) is 7.13. The molecule has 6 heavy (non-hydrogen) atoms. The summed E-state index contributed by atoms with van der Waals surface area (Å²) in [4.78, 5) is 10.1. The van der Waals surface area contributed by atoms with E-state index in [2.05, 4.69) is 8.34 Å². The van der Waals surface area contributed by atoms with E-state index in [4.69, 9.17) is 0 Å². The Hall–Kier alpha value is 1.13. The van der Waals surface area contributed by atoms with Gasteiger partial charge in [0.1, 0.15) is 0 Å². The first-order valence-electron chi connectivity index (χ1n) is 1.30. The van der Waals surface area contributed by atoms with Crippen LogP contribution in [0.3, 0.4) is 0 Å². The zero-order chi connectivity index (χ0) is 5.15. The maximum absolute atomic E-state index is 10.1. The van der Waals surface area contributed by atoms with Crippen LogP contribution in [0.25, 0.3) is 0 Å². The van der Waals surface area contributed by atoms with Gasteiger partial charge in [-0.3, -0.25) is 0 Å². The molecule has 34 valence electrons. The Bertz CT molecular complexity index is 121.